The number of carbonyl (C=O) groups is 1. The maximum absolute atomic E-state index is 12.8. The molecule has 0 saturated heterocycles. The molecule has 3 N–H and O–H groups in total. The lowest BCUT2D eigenvalue weighted by Gasteiger charge is -2.15. The smallest absolute Gasteiger partial charge is 0.260 e. The van der Waals surface area contributed by atoms with Crippen LogP contribution in [0.1, 0.15) is 10.4 Å². The Morgan fingerprint density at radius 3 is 2.73 bits per heavy atom. The maximum Gasteiger partial charge on any atom is 0.260 e. The molecule has 3 rings (SSSR count). The second kappa shape index (κ2) is 7.14. The van der Waals surface area contributed by atoms with Crippen molar-refractivity contribution >= 4 is 34.8 Å². The number of carbonyl (C=O) groups excluding carboxylic acids is 1. The van der Waals surface area contributed by atoms with Gasteiger partial charge >= 0.3 is 0 Å². The average molecular weight is 366 g/mol. The van der Waals surface area contributed by atoms with Gasteiger partial charge in [-0.3, -0.25) is 15.1 Å². The third-order valence-electron chi connectivity index (χ3n) is 3.78. The highest BCUT2D eigenvalue weighted by Gasteiger charge is 2.24. The Labute approximate surface area is 154 Å². The van der Waals surface area contributed by atoms with Crippen LogP contribution in [0.2, 0.25) is 5.02 Å². The van der Waals surface area contributed by atoms with E-state index < -0.39 is 5.91 Å². The lowest BCUT2D eigenvalue weighted by atomic mass is 9.95. The first-order valence-electron chi connectivity index (χ1n) is 7.56. The highest BCUT2D eigenvalue weighted by atomic mass is 35.5. The number of phenolic OH excluding ortho intramolecular Hbond substituents is 1. The van der Waals surface area contributed by atoms with Gasteiger partial charge in [-0.15, -0.1) is 0 Å². The van der Waals surface area contributed by atoms with E-state index >= 15 is 0 Å². The molecule has 128 valence electrons. The van der Waals surface area contributed by atoms with E-state index in [4.69, 9.17) is 24.7 Å². The number of hydrogen-bond donors (Lipinski definition) is 3. The maximum atomic E-state index is 12.8. The molecule has 0 spiro atoms. The molecule has 0 atom stereocenters. The predicted octanol–water partition coefficient (Wildman–Crippen LogP) is 3.50. The van der Waals surface area contributed by atoms with Crippen LogP contribution in [0.3, 0.4) is 0 Å². The van der Waals surface area contributed by atoms with Crippen LogP contribution in [0.5, 0.6) is 5.75 Å². The molecule has 7 nitrogen and oxygen atoms in total. The first kappa shape index (κ1) is 17.3. The summed E-state index contributed by atoms with van der Waals surface area (Å²) in [5.74, 6) is -0.642. The predicted molar refractivity (Wildman–Crippen MR) is 98.8 cm³/mol. The summed E-state index contributed by atoms with van der Waals surface area (Å²) >= 11 is 6.10. The molecule has 0 radical (unpaired) electrons. The molecule has 0 fully saturated rings. The topological polar surface area (TPSA) is 82.4 Å². The summed E-state index contributed by atoms with van der Waals surface area (Å²) in [6.45, 7) is 15.9. The molecule has 26 heavy (non-hydrogen) atoms. The fourth-order valence-corrected chi connectivity index (χ4v) is 2.88. The van der Waals surface area contributed by atoms with Crippen LogP contribution in [0, 0.1) is 13.1 Å². The molecule has 0 saturated carbocycles. The van der Waals surface area contributed by atoms with Gasteiger partial charge in [-0.2, -0.15) is 0 Å². The average Bonchev–Trinajstić information content (AvgIpc) is 3.14. The highest BCUT2D eigenvalue weighted by molar-refractivity contribution is 6.34. The Kier molecular flexibility index (Phi) is 4.74. The molecule has 2 aromatic carbocycles. The van der Waals surface area contributed by atoms with E-state index in [2.05, 4.69) is 25.3 Å². The summed E-state index contributed by atoms with van der Waals surface area (Å²) in [5.41, 5.74) is 0.587. The van der Waals surface area contributed by atoms with Crippen LogP contribution >= 0.6 is 11.6 Å². The van der Waals surface area contributed by atoms with Gasteiger partial charge in [-0.1, -0.05) is 35.9 Å². The van der Waals surface area contributed by atoms with Gasteiger partial charge < -0.3 is 10.4 Å². The zero-order valence-corrected chi connectivity index (χ0v) is 14.1. The van der Waals surface area contributed by atoms with Crippen molar-refractivity contribution in [2.24, 2.45) is 4.99 Å². The van der Waals surface area contributed by atoms with Crippen LogP contribution in [0.15, 0.2) is 35.3 Å². The summed E-state index contributed by atoms with van der Waals surface area (Å²) in [6.07, 6.45) is 0. The number of guanidine groups is 1. The van der Waals surface area contributed by atoms with E-state index in [0.29, 0.717) is 24.6 Å². The molecule has 1 aliphatic heterocycles. The Balaban J connectivity index is 2.23. The first-order valence-corrected chi connectivity index (χ1v) is 7.94. The number of nitrogens with zero attached hydrogens (tertiary/aromatic N) is 3. The van der Waals surface area contributed by atoms with Gasteiger partial charge in [0, 0.05) is 11.6 Å². The molecule has 2 aromatic rings. The van der Waals surface area contributed by atoms with Crippen LogP contribution in [-0.4, -0.2) is 30.1 Å². The summed E-state index contributed by atoms with van der Waals surface area (Å²) in [6, 6.07) is 7.43. The standard InChI is InChI=1S/C18H12ClN5O2/c1-20-12-6-7-13(25)15(17(26)24-18-22-8-9-23-18)14(12)10-4-3-5-11(19)16(10)21-2/h3-7,25H,8-9H2,(H2,22,23,24,26). The number of aromatic hydroxyl groups is 1. The fraction of sp³-hybridized carbons (Fsp3) is 0.111. The van der Waals surface area contributed by atoms with E-state index in [9.17, 15) is 9.90 Å². The Morgan fingerprint density at radius 2 is 2.08 bits per heavy atom. The SMILES string of the molecule is [C-]#[N+]c1ccc(O)c(C(=O)NC2=NCCN2)c1-c1cccc(Cl)c1[N+]#[C-]. The number of nitrogens with one attached hydrogen (secondary N) is 2. The van der Waals surface area contributed by atoms with Crippen molar-refractivity contribution in [3.8, 4) is 16.9 Å². The molecule has 0 aromatic heterocycles. The zero-order valence-electron chi connectivity index (χ0n) is 13.4. The van der Waals surface area contributed by atoms with Gasteiger partial charge in [0.15, 0.2) is 11.6 Å². The Hall–Kier alpha value is -3.55. The summed E-state index contributed by atoms with van der Waals surface area (Å²) < 4.78 is 0. The monoisotopic (exact) mass is 365 g/mol. The Bertz CT molecular complexity index is 1020. The minimum Gasteiger partial charge on any atom is -0.507 e. The van der Waals surface area contributed by atoms with Crippen molar-refractivity contribution in [2.45, 2.75) is 0 Å². The molecule has 1 aliphatic rings. The van der Waals surface area contributed by atoms with Crippen molar-refractivity contribution in [3.05, 3.63) is 63.8 Å². The van der Waals surface area contributed by atoms with Crippen LogP contribution in [0.25, 0.3) is 20.8 Å². The Morgan fingerprint density at radius 1 is 1.27 bits per heavy atom. The van der Waals surface area contributed by atoms with E-state index in [1.165, 1.54) is 12.1 Å². The number of halogens is 1. The number of aliphatic imine (C=N–C) groups is 1. The van der Waals surface area contributed by atoms with Gasteiger partial charge in [-0.05, 0) is 17.2 Å². The number of benzene rings is 2. The largest absolute Gasteiger partial charge is 0.507 e. The number of phenols is 1. The normalized spacial score (nSPS) is 12.5. The zero-order chi connectivity index (χ0) is 18.7. The minimum atomic E-state index is -0.632. The number of para-hydroxylation sites is 1. The lowest BCUT2D eigenvalue weighted by molar-refractivity contribution is 0.0974. The van der Waals surface area contributed by atoms with Gasteiger partial charge in [0.25, 0.3) is 5.91 Å². The first-order chi connectivity index (χ1) is 12.6. The van der Waals surface area contributed by atoms with E-state index in [-0.39, 0.29) is 33.3 Å². The molecular weight excluding hydrogens is 354 g/mol. The summed E-state index contributed by atoms with van der Waals surface area (Å²) in [5, 5.41) is 16.0. The minimum absolute atomic E-state index is 0.107. The van der Waals surface area contributed by atoms with Crippen molar-refractivity contribution in [3.63, 3.8) is 0 Å². The molecule has 1 heterocycles. The quantitative estimate of drug-likeness (QED) is 0.712. The fourth-order valence-electron chi connectivity index (χ4n) is 2.66. The van der Waals surface area contributed by atoms with Gasteiger partial charge in [0.2, 0.25) is 5.69 Å². The van der Waals surface area contributed by atoms with Gasteiger partial charge in [0.1, 0.15) is 5.75 Å². The van der Waals surface area contributed by atoms with Crippen molar-refractivity contribution in [1.29, 1.82) is 0 Å². The summed E-state index contributed by atoms with van der Waals surface area (Å²) in [7, 11) is 0. The van der Waals surface area contributed by atoms with Crippen LogP contribution in [-0.2, 0) is 0 Å². The molecule has 0 bridgehead atoms. The molecule has 1 amide bonds. The van der Waals surface area contributed by atoms with Crippen LogP contribution in [0.4, 0.5) is 11.4 Å². The van der Waals surface area contributed by atoms with Crippen LogP contribution < -0.4 is 10.6 Å². The third-order valence-corrected chi connectivity index (χ3v) is 4.09. The van der Waals surface area contributed by atoms with Gasteiger partial charge in [-0.25, -0.2) is 9.69 Å². The van der Waals surface area contributed by atoms with Gasteiger partial charge in [0.05, 0.1) is 25.3 Å². The summed E-state index contributed by atoms with van der Waals surface area (Å²) in [4.78, 5) is 23.7. The lowest BCUT2D eigenvalue weighted by Crippen LogP contribution is -2.38. The van der Waals surface area contributed by atoms with E-state index in [1.807, 2.05) is 0 Å². The van der Waals surface area contributed by atoms with Crippen molar-refractivity contribution < 1.29 is 9.90 Å². The van der Waals surface area contributed by atoms with Crippen molar-refractivity contribution in [2.75, 3.05) is 13.1 Å². The third kappa shape index (κ3) is 3.04. The highest BCUT2D eigenvalue weighted by Crippen LogP contribution is 2.44. The van der Waals surface area contributed by atoms with E-state index in [1.54, 1.807) is 18.2 Å². The second-order valence-electron chi connectivity index (χ2n) is 5.32. The molecule has 0 unspecified atom stereocenters. The molecule has 8 heteroatoms. The number of amides is 1. The number of rotatable bonds is 2. The molecular formula is C18H12ClN5O2. The molecule has 0 aliphatic carbocycles. The van der Waals surface area contributed by atoms with E-state index in [0.717, 1.165) is 0 Å². The number of hydrogen-bond acceptors (Lipinski definition) is 4. The second-order valence-corrected chi connectivity index (χ2v) is 5.73. The van der Waals surface area contributed by atoms with Crippen molar-refractivity contribution in [1.82, 2.24) is 10.6 Å².